The molecule has 2 aliphatic carbocycles. The summed E-state index contributed by atoms with van der Waals surface area (Å²) >= 11 is 0. The van der Waals surface area contributed by atoms with Crippen molar-refractivity contribution < 1.29 is 9.68 Å². The Labute approximate surface area is 89.5 Å². The number of para-hydroxylation sites is 1. The molecule has 0 saturated heterocycles. The van der Waals surface area contributed by atoms with Crippen molar-refractivity contribution >= 4 is 5.69 Å². The molecule has 0 heterocycles. The van der Waals surface area contributed by atoms with Crippen LogP contribution in [0.3, 0.4) is 0 Å². The minimum atomic E-state index is 0.365. The predicted molar refractivity (Wildman–Crippen MR) is 57.1 cm³/mol. The maximum Gasteiger partial charge on any atom is 0.0947 e. The van der Waals surface area contributed by atoms with Gasteiger partial charge in [-0.2, -0.15) is 0 Å². The summed E-state index contributed by atoms with van der Waals surface area (Å²) in [5.41, 5.74) is 0.983. The molecule has 2 fully saturated rings. The topological polar surface area (TPSA) is 21.7 Å². The van der Waals surface area contributed by atoms with Gasteiger partial charge >= 0.3 is 0 Å². The van der Waals surface area contributed by atoms with Crippen LogP contribution >= 0.6 is 0 Å². The highest BCUT2D eigenvalue weighted by Crippen LogP contribution is 2.31. The number of anilines is 1. The van der Waals surface area contributed by atoms with Gasteiger partial charge in [-0.15, -0.1) is 5.23 Å². The Balaban J connectivity index is 1.69. The third-order valence-corrected chi connectivity index (χ3v) is 2.51. The van der Waals surface area contributed by atoms with Crippen molar-refractivity contribution in [2.75, 3.05) is 5.23 Å². The van der Waals surface area contributed by atoms with Crippen LogP contribution in [-0.2, 0) is 9.68 Å². The standard InChI is InChI=1S/C12H15NO2/c1-2-4-10(5-3-1)13(14-11-6-7-11)15-12-8-9-12/h1-5,11-12H,6-9H2. The minimum Gasteiger partial charge on any atom is -0.245 e. The van der Waals surface area contributed by atoms with E-state index < -0.39 is 0 Å². The summed E-state index contributed by atoms with van der Waals surface area (Å²) in [5.74, 6) is 0. The van der Waals surface area contributed by atoms with E-state index >= 15 is 0 Å². The molecule has 0 N–H and O–H groups in total. The predicted octanol–water partition coefficient (Wildman–Crippen LogP) is 2.68. The molecule has 15 heavy (non-hydrogen) atoms. The molecule has 0 aliphatic heterocycles. The normalized spacial score (nSPS) is 20.3. The van der Waals surface area contributed by atoms with E-state index in [-0.39, 0.29) is 0 Å². The smallest absolute Gasteiger partial charge is 0.0947 e. The number of rotatable bonds is 5. The van der Waals surface area contributed by atoms with Crippen LogP contribution in [0.5, 0.6) is 0 Å². The lowest BCUT2D eigenvalue weighted by Gasteiger charge is -2.22. The van der Waals surface area contributed by atoms with Crippen molar-refractivity contribution in [3.8, 4) is 0 Å². The molecule has 3 nitrogen and oxygen atoms in total. The van der Waals surface area contributed by atoms with Crippen molar-refractivity contribution in [2.45, 2.75) is 37.9 Å². The van der Waals surface area contributed by atoms with Gasteiger partial charge in [0.05, 0.1) is 17.9 Å². The highest BCUT2D eigenvalue weighted by Gasteiger charge is 2.31. The summed E-state index contributed by atoms with van der Waals surface area (Å²) in [4.78, 5) is 11.4. The van der Waals surface area contributed by atoms with Crippen LogP contribution in [0, 0.1) is 0 Å². The third kappa shape index (κ3) is 2.49. The number of hydrogen-bond acceptors (Lipinski definition) is 3. The third-order valence-electron chi connectivity index (χ3n) is 2.51. The molecular formula is C12H15NO2. The van der Waals surface area contributed by atoms with Crippen LogP contribution in [0.1, 0.15) is 25.7 Å². The zero-order valence-electron chi connectivity index (χ0n) is 8.63. The van der Waals surface area contributed by atoms with Crippen LogP contribution in [-0.4, -0.2) is 12.2 Å². The average molecular weight is 205 g/mol. The van der Waals surface area contributed by atoms with Crippen LogP contribution < -0.4 is 5.23 Å². The molecule has 0 bridgehead atoms. The molecule has 0 amide bonds. The molecule has 2 saturated carbocycles. The Morgan fingerprint density at radius 2 is 1.40 bits per heavy atom. The number of nitrogens with zero attached hydrogens (tertiary/aromatic N) is 1. The molecule has 0 atom stereocenters. The lowest BCUT2D eigenvalue weighted by atomic mass is 10.3. The molecule has 1 aromatic rings. The maximum absolute atomic E-state index is 5.71. The lowest BCUT2D eigenvalue weighted by molar-refractivity contribution is -0.104. The molecule has 2 aliphatic rings. The van der Waals surface area contributed by atoms with Crippen molar-refractivity contribution in [1.82, 2.24) is 0 Å². The van der Waals surface area contributed by atoms with E-state index in [2.05, 4.69) is 0 Å². The van der Waals surface area contributed by atoms with Gasteiger partial charge in [-0.1, -0.05) is 18.2 Å². The van der Waals surface area contributed by atoms with Gasteiger partial charge in [-0.25, -0.2) is 9.68 Å². The van der Waals surface area contributed by atoms with Gasteiger partial charge < -0.3 is 0 Å². The first-order chi connectivity index (χ1) is 7.42. The van der Waals surface area contributed by atoms with Gasteiger partial charge in [0, 0.05) is 0 Å². The first-order valence-electron chi connectivity index (χ1n) is 5.60. The highest BCUT2D eigenvalue weighted by atomic mass is 17.0. The number of benzene rings is 1. The van der Waals surface area contributed by atoms with Crippen LogP contribution in [0.4, 0.5) is 5.69 Å². The van der Waals surface area contributed by atoms with E-state index in [0.717, 1.165) is 31.4 Å². The van der Waals surface area contributed by atoms with Gasteiger partial charge in [0.15, 0.2) is 0 Å². The molecule has 80 valence electrons. The Bertz CT molecular complexity index is 306. The van der Waals surface area contributed by atoms with Crippen LogP contribution in [0.15, 0.2) is 30.3 Å². The van der Waals surface area contributed by atoms with Gasteiger partial charge in [0.25, 0.3) is 0 Å². The zero-order chi connectivity index (χ0) is 10.1. The van der Waals surface area contributed by atoms with E-state index in [0.29, 0.717) is 12.2 Å². The van der Waals surface area contributed by atoms with E-state index in [1.54, 1.807) is 5.23 Å². The van der Waals surface area contributed by atoms with Gasteiger partial charge in [0.2, 0.25) is 0 Å². The minimum absolute atomic E-state index is 0.365. The molecule has 0 spiro atoms. The first kappa shape index (κ1) is 9.19. The molecule has 3 heteroatoms. The fourth-order valence-electron chi connectivity index (χ4n) is 1.31. The summed E-state index contributed by atoms with van der Waals surface area (Å²) in [6.07, 6.45) is 5.33. The largest absolute Gasteiger partial charge is 0.245 e. The molecule has 0 aromatic heterocycles. The maximum atomic E-state index is 5.71. The second-order valence-electron chi connectivity index (χ2n) is 4.20. The van der Waals surface area contributed by atoms with E-state index in [1.807, 2.05) is 30.3 Å². The van der Waals surface area contributed by atoms with E-state index in [4.69, 9.17) is 9.68 Å². The summed E-state index contributed by atoms with van der Waals surface area (Å²) in [5, 5.41) is 1.61. The molecule has 0 unspecified atom stereocenters. The van der Waals surface area contributed by atoms with Crippen molar-refractivity contribution in [1.29, 1.82) is 0 Å². The van der Waals surface area contributed by atoms with E-state index in [9.17, 15) is 0 Å². The number of hydrogen-bond donors (Lipinski definition) is 0. The quantitative estimate of drug-likeness (QED) is 0.690. The Morgan fingerprint density at radius 3 is 1.87 bits per heavy atom. The Kier molecular flexibility index (Phi) is 2.35. The van der Waals surface area contributed by atoms with Crippen molar-refractivity contribution in [2.24, 2.45) is 0 Å². The van der Waals surface area contributed by atoms with Gasteiger partial charge in [0.1, 0.15) is 0 Å². The second-order valence-corrected chi connectivity index (χ2v) is 4.20. The van der Waals surface area contributed by atoms with Gasteiger partial charge in [-0.3, -0.25) is 0 Å². The second kappa shape index (κ2) is 3.83. The lowest BCUT2D eigenvalue weighted by Crippen LogP contribution is -2.26. The fourth-order valence-corrected chi connectivity index (χ4v) is 1.31. The molecule has 1 aromatic carbocycles. The summed E-state index contributed by atoms with van der Waals surface area (Å²) in [7, 11) is 0. The van der Waals surface area contributed by atoms with E-state index in [1.165, 1.54) is 0 Å². The summed E-state index contributed by atoms with van der Waals surface area (Å²) < 4.78 is 0. The van der Waals surface area contributed by atoms with Gasteiger partial charge in [-0.05, 0) is 37.8 Å². The molecule has 3 rings (SSSR count). The summed E-state index contributed by atoms with van der Waals surface area (Å²) in [6, 6.07) is 10.00. The zero-order valence-corrected chi connectivity index (χ0v) is 8.63. The van der Waals surface area contributed by atoms with Crippen LogP contribution in [0.2, 0.25) is 0 Å². The van der Waals surface area contributed by atoms with Crippen molar-refractivity contribution in [3.05, 3.63) is 30.3 Å². The fraction of sp³-hybridized carbons (Fsp3) is 0.500. The highest BCUT2D eigenvalue weighted by molar-refractivity contribution is 5.41. The molecule has 0 radical (unpaired) electrons. The first-order valence-corrected chi connectivity index (χ1v) is 5.60. The average Bonchev–Trinajstić information content (AvgIpc) is 3.13. The SMILES string of the molecule is c1ccc(N(OC2CC2)OC2CC2)cc1. The van der Waals surface area contributed by atoms with Crippen LogP contribution in [0.25, 0.3) is 0 Å². The Morgan fingerprint density at radius 1 is 0.867 bits per heavy atom. The monoisotopic (exact) mass is 205 g/mol. The Hall–Kier alpha value is -1.06. The van der Waals surface area contributed by atoms with Crippen molar-refractivity contribution in [3.63, 3.8) is 0 Å². The molecular weight excluding hydrogens is 190 g/mol. The summed E-state index contributed by atoms with van der Waals surface area (Å²) in [6.45, 7) is 0.